The van der Waals surface area contributed by atoms with Gasteiger partial charge in [0.1, 0.15) is 0 Å². The smallest absolute Gasteiger partial charge is 0.281 e. The number of carbonyl (C=O) groups excluding carboxylic acids is 1. The van der Waals surface area contributed by atoms with Gasteiger partial charge in [-0.25, -0.2) is 5.43 Å². The molecule has 0 bridgehead atoms. The summed E-state index contributed by atoms with van der Waals surface area (Å²) in [4.78, 5) is 12.9. The van der Waals surface area contributed by atoms with E-state index in [9.17, 15) is 15.0 Å². The molecule has 0 heterocycles. The van der Waals surface area contributed by atoms with Gasteiger partial charge in [0.25, 0.3) is 5.91 Å². The molecule has 0 saturated carbocycles. The Hall–Kier alpha value is -2.86. The number of aliphatic hydroxyl groups is 1. The summed E-state index contributed by atoms with van der Waals surface area (Å²) in [5.74, 6) is -0.954. The Balaban J connectivity index is 1.89. The molecule has 28 heavy (non-hydrogen) atoms. The number of hydrogen-bond donors (Lipinski definition) is 3. The maximum absolute atomic E-state index is 12.9. The largest absolute Gasteiger partial charge is 0.505 e. The van der Waals surface area contributed by atoms with E-state index in [-0.39, 0.29) is 15.8 Å². The first-order valence-electron chi connectivity index (χ1n) is 8.28. The van der Waals surface area contributed by atoms with Gasteiger partial charge in [0, 0.05) is 0 Å². The van der Waals surface area contributed by atoms with E-state index in [1.807, 2.05) is 0 Å². The summed E-state index contributed by atoms with van der Waals surface area (Å²) in [6, 6.07) is 20.1. The lowest BCUT2D eigenvalue weighted by molar-refractivity contribution is -0.136. The van der Waals surface area contributed by atoms with Gasteiger partial charge in [-0.15, -0.1) is 0 Å². The van der Waals surface area contributed by atoms with Gasteiger partial charge in [0.15, 0.2) is 11.4 Å². The number of nitrogens with zero attached hydrogens (tertiary/aromatic N) is 1. The molecule has 0 aliphatic heterocycles. The molecule has 0 radical (unpaired) electrons. The normalized spacial score (nSPS) is 11.5. The molecule has 7 heteroatoms. The predicted octanol–water partition coefficient (Wildman–Crippen LogP) is 4.09. The third-order valence-corrected chi connectivity index (χ3v) is 4.71. The summed E-state index contributed by atoms with van der Waals surface area (Å²) >= 11 is 11.7. The average molecular weight is 415 g/mol. The van der Waals surface area contributed by atoms with Gasteiger partial charge in [0.2, 0.25) is 0 Å². The summed E-state index contributed by atoms with van der Waals surface area (Å²) in [5.41, 5.74) is 1.71. The van der Waals surface area contributed by atoms with Crippen LogP contribution < -0.4 is 5.43 Å². The highest BCUT2D eigenvalue weighted by Gasteiger charge is 2.39. The number of phenolic OH excluding ortho intramolecular Hbond substituents is 1. The summed E-state index contributed by atoms with van der Waals surface area (Å²) in [6.07, 6.45) is 1.31. The molecule has 0 unspecified atom stereocenters. The van der Waals surface area contributed by atoms with E-state index in [1.165, 1.54) is 18.3 Å². The molecule has 0 saturated heterocycles. The molecule has 5 nitrogen and oxygen atoms in total. The molecule has 3 aromatic rings. The number of halogens is 2. The van der Waals surface area contributed by atoms with E-state index in [2.05, 4.69) is 10.5 Å². The molecular weight excluding hydrogens is 399 g/mol. The molecule has 0 aliphatic rings. The molecule has 0 atom stereocenters. The number of amides is 1. The molecule has 1 amide bonds. The van der Waals surface area contributed by atoms with Crippen molar-refractivity contribution in [2.75, 3.05) is 0 Å². The van der Waals surface area contributed by atoms with Crippen molar-refractivity contribution in [2.24, 2.45) is 5.10 Å². The molecule has 3 aromatic carbocycles. The Kier molecular flexibility index (Phi) is 5.99. The van der Waals surface area contributed by atoms with E-state index >= 15 is 0 Å². The zero-order valence-corrected chi connectivity index (χ0v) is 16.0. The van der Waals surface area contributed by atoms with Crippen molar-refractivity contribution in [2.45, 2.75) is 5.60 Å². The summed E-state index contributed by atoms with van der Waals surface area (Å²) < 4.78 is 0. The van der Waals surface area contributed by atoms with Crippen molar-refractivity contribution in [1.29, 1.82) is 0 Å². The van der Waals surface area contributed by atoms with E-state index < -0.39 is 11.5 Å². The number of nitrogens with one attached hydrogen (secondary N) is 1. The number of hydrazone groups is 1. The highest BCUT2D eigenvalue weighted by atomic mass is 35.5. The fraction of sp³-hybridized carbons (Fsp3) is 0.0476. The van der Waals surface area contributed by atoms with E-state index in [1.54, 1.807) is 60.7 Å². The predicted molar refractivity (Wildman–Crippen MR) is 110 cm³/mol. The molecule has 0 aliphatic carbocycles. The van der Waals surface area contributed by atoms with Crippen molar-refractivity contribution >= 4 is 35.3 Å². The standard InChI is InChI=1S/C21H16Cl2N2O3/c22-17-11-14(12-18(23)19(17)26)13-24-25-20(27)21(28,15-7-3-1-4-8-15)16-9-5-2-6-10-16/h1-13,26,28H,(H,25,27)/b24-13-. The van der Waals surface area contributed by atoms with Crippen LogP contribution in [0.2, 0.25) is 10.0 Å². The second kappa shape index (κ2) is 8.44. The number of phenols is 1. The minimum atomic E-state index is -1.93. The Morgan fingerprint density at radius 3 is 1.86 bits per heavy atom. The highest BCUT2D eigenvalue weighted by molar-refractivity contribution is 6.37. The number of benzene rings is 3. The first-order chi connectivity index (χ1) is 13.4. The fourth-order valence-corrected chi connectivity index (χ4v) is 3.20. The van der Waals surface area contributed by atoms with Crippen LogP contribution in [0.25, 0.3) is 0 Å². The van der Waals surface area contributed by atoms with Gasteiger partial charge < -0.3 is 10.2 Å². The molecule has 0 aromatic heterocycles. The minimum absolute atomic E-state index is 0.0605. The van der Waals surface area contributed by atoms with Gasteiger partial charge in [-0.3, -0.25) is 4.79 Å². The van der Waals surface area contributed by atoms with Crippen molar-refractivity contribution in [3.05, 3.63) is 99.5 Å². The summed E-state index contributed by atoms with van der Waals surface area (Å²) in [5, 5.41) is 24.9. The van der Waals surface area contributed by atoms with Crippen molar-refractivity contribution in [3.8, 4) is 5.75 Å². The minimum Gasteiger partial charge on any atom is -0.505 e. The van der Waals surface area contributed by atoms with E-state index in [0.29, 0.717) is 16.7 Å². The third kappa shape index (κ3) is 4.02. The topological polar surface area (TPSA) is 81.9 Å². The maximum Gasteiger partial charge on any atom is 0.281 e. The van der Waals surface area contributed by atoms with Gasteiger partial charge in [-0.1, -0.05) is 83.9 Å². The second-order valence-electron chi connectivity index (χ2n) is 5.97. The number of rotatable bonds is 5. The van der Waals surface area contributed by atoms with Gasteiger partial charge in [0.05, 0.1) is 16.3 Å². The van der Waals surface area contributed by atoms with Crippen LogP contribution in [0.4, 0.5) is 0 Å². The van der Waals surface area contributed by atoms with Crippen LogP contribution in [0, 0.1) is 0 Å². The van der Waals surface area contributed by atoms with Crippen LogP contribution in [0.3, 0.4) is 0 Å². The Morgan fingerprint density at radius 1 is 0.929 bits per heavy atom. The molecule has 3 N–H and O–H groups in total. The zero-order valence-electron chi connectivity index (χ0n) is 14.5. The number of aromatic hydroxyl groups is 1. The van der Waals surface area contributed by atoms with Crippen molar-refractivity contribution in [3.63, 3.8) is 0 Å². The number of carbonyl (C=O) groups is 1. The van der Waals surface area contributed by atoms with Crippen LogP contribution in [0.5, 0.6) is 5.75 Å². The maximum atomic E-state index is 12.9. The summed E-state index contributed by atoms with van der Waals surface area (Å²) in [7, 11) is 0. The van der Waals surface area contributed by atoms with E-state index in [0.717, 1.165) is 0 Å². The Morgan fingerprint density at radius 2 is 1.39 bits per heavy atom. The lowest BCUT2D eigenvalue weighted by Gasteiger charge is -2.27. The molecule has 142 valence electrons. The zero-order chi connectivity index (χ0) is 20.1. The molecule has 3 rings (SSSR count). The average Bonchev–Trinajstić information content (AvgIpc) is 2.72. The summed E-state index contributed by atoms with van der Waals surface area (Å²) in [6.45, 7) is 0. The SMILES string of the molecule is O=C(N/N=C\c1cc(Cl)c(O)c(Cl)c1)C(O)(c1ccccc1)c1ccccc1. The Labute approximate surface area is 171 Å². The lowest BCUT2D eigenvalue weighted by Crippen LogP contribution is -2.43. The number of hydrogen-bond acceptors (Lipinski definition) is 4. The first kappa shape index (κ1) is 19.9. The third-order valence-electron chi connectivity index (χ3n) is 4.13. The van der Waals surface area contributed by atoms with Crippen molar-refractivity contribution < 1.29 is 15.0 Å². The quantitative estimate of drug-likeness (QED) is 0.434. The monoisotopic (exact) mass is 414 g/mol. The first-order valence-corrected chi connectivity index (χ1v) is 9.03. The van der Waals surface area contributed by atoms with Crippen LogP contribution in [-0.2, 0) is 10.4 Å². The van der Waals surface area contributed by atoms with Crippen molar-refractivity contribution in [1.82, 2.24) is 5.43 Å². The molecular formula is C21H16Cl2N2O3. The van der Waals surface area contributed by atoms with E-state index in [4.69, 9.17) is 23.2 Å². The van der Waals surface area contributed by atoms with Crippen LogP contribution in [0.15, 0.2) is 77.9 Å². The molecule has 0 fully saturated rings. The second-order valence-corrected chi connectivity index (χ2v) is 6.79. The van der Waals surface area contributed by atoms with Crippen LogP contribution in [-0.4, -0.2) is 22.3 Å². The van der Waals surface area contributed by atoms with Crippen LogP contribution in [0.1, 0.15) is 16.7 Å². The highest BCUT2D eigenvalue weighted by Crippen LogP contribution is 2.32. The Bertz CT molecular complexity index is 946. The van der Waals surface area contributed by atoms with Crippen LogP contribution >= 0.6 is 23.2 Å². The fourth-order valence-electron chi connectivity index (χ4n) is 2.69. The van der Waals surface area contributed by atoms with Gasteiger partial charge in [-0.2, -0.15) is 5.10 Å². The molecule has 0 spiro atoms. The van der Waals surface area contributed by atoms with Gasteiger partial charge >= 0.3 is 0 Å². The lowest BCUT2D eigenvalue weighted by atomic mass is 9.85. The van der Waals surface area contributed by atoms with Gasteiger partial charge in [-0.05, 0) is 28.8 Å².